The zero-order valence-electron chi connectivity index (χ0n) is 32.9. The van der Waals surface area contributed by atoms with Gasteiger partial charge in [0.1, 0.15) is 0 Å². The molecule has 47 heavy (non-hydrogen) atoms. The predicted molar refractivity (Wildman–Crippen MR) is 204 cm³/mol. The van der Waals surface area contributed by atoms with Crippen LogP contribution in [0.1, 0.15) is 126 Å². The summed E-state index contributed by atoms with van der Waals surface area (Å²) in [4.78, 5) is 5.03. The molecule has 242 valence electrons. The van der Waals surface area contributed by atoms with Gasteiger partial charge in [0.15, 0.2) is 0 Å². The van der Waals surface area contributed by atoms with Crippen LogP contribution >= 0.6 is 0 Å². The lowest BCUT2D eigenvalue weighted by Gasteiger charge is -2.54. The van der Waals surface area contributed by atoms with E-state index in [2.05, 4.69) is 139 Å². The first-order valence-corrected chi connectivity index (χ1v) is 18.2. The fourth-order valence-electron chi connectivity index (χ4n) is 10.3. The number of benzene rings is 4. The van der Waals surface area contributed by atoms with Crippen LogP contribution in [0.4, 0.5) is 28.4 Å². The van der Waals surface area contributed by atoms with Crippen LogP contribution in [-0.2, 0) is 0 Å². The van der Waals surface area contributed by atoms with Crippen molar-refractivity contribution in [2.75, 3.05) is 9.80 Å². The molecule has 3 heteroatoms. The number of rotatable bonds is 5. The van der Waals surface area contributed by atoms with Crippen LogP contribution in [0.3, 0.4) is 0 Å². The van der Waals surface area contributed by atoms with Crippen molar-refractivity contribution in [3.63, 3.8) is 0 Å². The van der Waals surface area contributed by atoms with Crippen molar-refractivity contribution < 1.29 is 4.11 Å². The molecule has 4 aromatic rings. The monoisotopic (exact) mass is 623 g/mol. The first-order chi connectivity index (χ1) is 23.5. The Morgan fingerprint density at radius 3 is 1.85 bits per heavy atom. The van der Waals surface area contributed by atoms with Crippen molar-refractivity contribution in [3.8, 4) is 0 Å². The summed E-state index contributed by atoms with van der Waals surface area (Å²) in [6.07, 6.45) is 3.70. The topological polar surface area (TPSA) is 6.48 Å². The normalized spacial score (nSPS) is 24.8. The molecule has 8 rings (SSSR count). The van der Waals surface area contributed by atoms with Gasteiger partial charge in [0, 0.05) is 38.6 Å². The van der Waals surface area contributed by atoms with Gasteiger partial charge in [0.25, 0.3) is 6.71 Å². The third kappa shape index (κ3) is 4.44. The van der Waals surface area contributed by atoms with Crippen LogP contribution in [0.2, 0.25) is 0 Å². The SMILES string of the molecule is [2H]C([2H])([2H])c1cc2c3c(c1)N(C1C4(C)CCC(C4)C1(C)C)c1ccc(C(C)C)cc1B3c1cc(C(C)C)ccc1N2c1ccc(C(C)C)cc1. The number of fused-ring (bicyclic) bond motifs is 6. The fraction of sp³-hybridized carbons (Fsp3) is 0.455. The summed E-state index contributed by atoms with van der Waals surface area (Å²) in [5.74, 6) is 1.86. The van der Waals surface area contributed by atoms with Crippen LogP contribution in [0.5, 0.6) is 0 Å². The molecule has 0 radical (unpaired) electrons. The van der Waals surface area contributed by atoms with Gasteiger partial charge in [-0.1, -0.05) is 98.7 Å². The average molecular weight is 624 g/mol. The molecule has 0 spiro atoms. The molecule has 2 fully saturated rings. The summed E-state index contributed by atoms with van der Waals surface area (Å²) in [6, 6.07) is 27.5. The van der Waals surface area contributed by atoms with Crippen LogP contribution in [0.15, 0.2) is 72.8 Å². The summed E-state index contributed by atoms with van der Waals surface area (Å²) in [5, 5.41) is 0. The fourth-order valence-corrected chi connectivity index (χ4v) is 10.3. The van der Waals surface area contributed by atoms with Crippen molar-refractivity contribution in [3.05, 3.63) is 95.1 Å². The minimum absolute atomic E-state index is 0.00926. The summed E-state index contributed by atoms with van der Waals surface area (Å²) in [7, 11) is 0. The van der Waals surface area contributed by atoms with Crippen molar-refractivity contribution in [2.45, 2.75) is 112 Å². The summed E-state index contributed by atoms with van der Waals surface area (Å²) in [5.41, 5.74) is 14.0. The average Bonchev–Trinajstić information content (AvgIpc) is 3.55. The van der Waals surface area contributed by atoms with Gasteiger partial charge >= 0.3 is 0 Å². The van der Waals surface area contributed by atoms with E-state index in [9.17, 15) is 0 Å². The Morgan fingerprint density at radius 1 is 0.702 bits per heavy atom. The lowest BCUT2D eigenvalue weighted by atomic mass is 9.33. The molecule has 2 aliphatic heterocycles. The third-order valence-corrected chi connectivity index (χ3v) is 12.8. The maximum absolute atomic E-state index is 8.79. The van der Waals surface area contributed by atoms with Gasteiger partial charge in [-0.25, -0.2) is 0 Å². The molecule has 3 unspecified atom stereocenters. The number of hydrogen-bond donors (Lipinski definition) is 0. The quantitative estimate of drug-likeness (QED) is 0.180. The second kappa shape index (κ2) is 10.5. The van der Waals surface area contributed by atoms with E-state index in [1.54, 1.807) is 0 Å². The number of anilines is 5. The molecular weight excluding hydrogens is 567 g/mol. The standard InChI is InChI=1S/C44H53BN2/c1-26(2)30-11-15-34(16-12-30)46-37-17-13-31(27(3)4)23-35(37)45-36-24-32(28(5)6)14-18-38(36)47(40-22-29(7)21-39(46)41(40)45)42-43(8,9)33-19-20-44(42,10)25-33/h11-18,21-24,26-28,33,42H,19-20,25H2,1-10H3/i7D3. The third-order valence-electron chi connectivity index (χ3n) is 12.8. The van der Waals surface area contributed by atoms with Crippen LogP contribution in [0, 0.1) is 23.6 Å². The van der Waals surface area contributed by atoms with Gasteiger partial charge in [-0.05, 0) is 136 Å². The highest BCUT2D eigenvalue weighted by molar-refractivity contribution is 7.00. The smallest absolute Gasteiger partial charge is 0.252 e. The molecule has 4 aliphatic rings. The highest BCUT2D eigenvalue weighted by Crippen LogP contribution is 2.65. The highest BCUT2D eigenvalue weighted by atomic mass is 15.2. The van der Waals surface area contributed by atoms with Crippen molar-refractivity contribution in [1.29, 1.82) is 0 Å². The van der Waals surface area contributed by atoms with Gasteiger partial charge in [-0.15, -0.1) is 0 Å². The molecule has 0 amide bonds. The van der Waals surface area contributed by atoms with Crippen LogP contribution in [-0.4, -0.2) is 12.8 Å². The Morgan fingerprint density at radius 2 is 1.28 bits per heavy atom. The second-order valence-corrected chi connectivity index (χ2v) is 17.1. The van der Waals surface area contributed by atoms with Gasteiger partial charge in [0.05, 0.1) is 0 Å². The van der Waals surface area contributed by atoms with Gasteiger partial charge in [-0.2, -0.15) is 0 Å². The van der Waals surface area contributed by atoms with Crippen molar-refractivity contribution >= 4 is 51.5 Å². The molecule has 4 aromatic carbocycles. The molecule has 0 saturated heterocycles. The maximum atomic E-state index is 8.79. The predicted octanol–water partition coefficient (Wildman–Crippen LogP) is 10.3. The van der Waals surface area contributed by atoms with Gasteiger partial charge in [0.2, 0.25) is 0 Å². The lowest BCUT2D eigenvalue weighted by molar-refractivity contribution is 0.140. The Bertz CT molecular complexity index is 1990. The second-order valence-electron chi connectivity index (χ2n) is 17.1. The molecule has 2 bridgehead atoms. The lowest BCUT2D eigenvalue weighted by Crippen LogP contribution is -2.65. The number of nitrogens with zero attached hydrogens (tertiary/aromatic N) is 2. The van der Waals surface area contributed by atoms with Gasteiger partial charge < -0.3 is 9.80 Å². The molecule has 3 atom stereocenters. The molecule has 2 nitrogen and oxygen atoms in total. The van der Waals surface area contributed by atoms with E-state index in [0.29, 0.717) is 29.2 Å². The zero-order valence-corrected chi connectivity index (χ0v) is 29.9. The summed E-state index contributed by atoms with van der Waals surface area (Å²) < 4.78 is 26.4. The van der Waals surface area contributed by atoms with E-state index < -0.39 is 6.85 Å². The van der Waals surface area contributed by atoms with Crippen LogP contribution in [0.25, 0.3) is 0 Å². The molecule has 2 saturated carbocycles. The Kier molecular flexibility index (Phi) is 6.15. The maximum Gasteiger partial charge on any atom is 0.252 e. The largest absolute Gasteiger partial charge is 0.338 e. The minimum Gasteiger partial charge on any atom is -0.338 e. The van der Waals surface area contributed by atoms with E-state index in [-0.39, 0.29) is 23.6 Å². The van der Waals surface area contributed by atoms with Crippen LogP contribution < -0.4 is 26.2 Å². The van der Waals surface area contributed by atoms with E-state index >= 15 is 0 Å². The minimum atomic E-state index is -2.25. The van der Waals surface area contributed by atoms with E-state index in [1.165, 1.54) is 58.0 Å². The number of aryl methyl sites for hydroxylation is 1. The molecule has 2 heterocycles. The van der Waals surface area contributed by atoms with Crippen molar-refractivity contribution in [2.24, 2.45) is 16.7 Å². The number of hydrogen-bond acceptors (Lipinski definition) is 2. The first kappa shape index (κ1) is 27.5. The molecular formula is C44H53BN2. The van der Waals surface area contributed by atoms with E-state index in [4.69, 9.17) is 4.11 Å². The van der Waals surface area contributed by atoms with Gasteiger partial charge in [-0.3, -0.25) is 0 Å². The Labute approximate surface area is 288 Å². The highest BCUT2D eigenvalue weighted by Gasteiger charge is 2.62. The summed E-state index contributed by atoms with van der Waals surface area (Å²) in [6.45, 7) is 18.8. The Hall–Kier alpha value is -3.46. The summed E-state index contributed by atoms with van der Waals surface area (Å²) >= 11 is 0. The van der Waals surface area contributed by atoms with E-state index in [1.807, 2.05) is 6.07 Å². The Balaban J connectivity index is 1.49. The van der Waals surface area contributed by atoms with Crippen molar-refractivity contribution in [1.82, 2.24) is 0 Å². The molecule has 2 aliphatic carbocycles. The molecule has 0 N–H and O–H groups in total. The first-order valence-electron chi connectivity index (χ1n) is 19.7. The molecule has 0 aromatic heterocycles. The zero-order chi connectivity index (χ0) is 35.7. The van der Waals surface area contributed by atoms with E-state index in [0.717, 1.165) is 22.7 Å².